The molecule has 0 spiro atoms. The van der Waals surface area contributed by atoms with Gasteiger partial charge in [0.25, 0.3) is 0 Å². The van der Waals surface area contributed by atoms with Crippen LogP contribution in [0.3, 0.4) is 0 Å². The second-order valence-electron chi connectivity index (χ2n) is 4.61. The molecule has 1 aliphatic carbocycles. The first-order valence-electron chi connectivity index (χ1n) is 5.60. The van der Waals surface area contributed by atoms with E-state index in [0.29, 0.717) is 5.41 Å². The highest BCUT2D eigenvalue weighted by atomic mass is 79.9. The summed E-state index contributed by atoms with van der Waals surface area (Å²) in [6, 6.07) is 0. The van der Waals surface area contributed by atoms with Gasteiger partial charge in [0.15, 0.2) is 0 Å². The van der Waals surface area contributed by atoms with Crippen molar-refractivity contribution in [1.29, 1.82) is 0 Å². The molecular weight excluding hydrogens is 260 g/mol. The van der Waals surface area contributed by atoms with Crippen LogP contribution in [0.15, 0.2) is 0 Å². The van der Waals surface area contributed by atoms with Gasteiger partial charge in [-0.3, -0.25) is 0 Å². The van der Waals surface area contributed by atoms with Crippen LogP contribution in [0.4, 0.5) is 0 Å². The Hall–Kier alpha value is 0.790. The Bertz CT molecular complexity index is 171. The van der Waals surface area contributed by atoms with Gasteiger partial charge in [0.2, 0.25) is 0 Å². The van der Waals surface area contributed by atoms with Gasteiger partial charge in [0.1, 0.15) is 0 Å². The van der Waals surface area contributed by atoms with Crippen LogP contribution in [0.25, 0.3) is 0 Å². The van der Waals surface area contributed by atoms with E-state index in [1.807, 2.05) is 0 Å². The molecule has 0 aromatic carbocycles. The quantitative estimate of drug-likeness (QED) is 0.729. The fourth-order valence-corrected chi connectivity index (χ4v) is 4.66. The number of halogens is 1. The van der Waals surface area contributed by atoms with Gasteiger partial charge in [-0.25, -0.2) is 0 Å². The van der Waals surface area contributed by atoms with Crippen LogP contribution < -0.4 is 0 Å². The maximum absolute atomic E-state index is 5.38. The molecule has 0 radical (unpaired) electrons. The highest BCUT2D eigenvalue weighted by Gasteiger charge is 2.36. The van der Waals surface area contributed by atoms with E-state index in [4.69, 9.17) is 4.74 Å². The van der Waals surface area contributed by atoms with Crippen LogP contribution in [-0.2, 0) is 4.74 Å². The summed E-state index contributed by atoms with van der Waals surface area (Å²) in [6.45, 7) is 1.97. The van der Waals surface area contributed by atoms with Crippen molar-refractivity contribution < 1.29 is 4.74 Å². The Labute approximate surface area is 99.5 Å². The van der Waals surface area contributed by atoms with E-state index >= 15 is 0 Å². The molecule has 1 saturated heterocycles. The Balaban J connectivity index is 1.69. The zero-order valence-electron chi connectivity index (χ0n) is 8.64. The Morgan fingerprint density at radius 2 is 2.00 bits per heavy atom. The lowest BCUT2D eigenvalue weighted by molar-refractivity contribution is 0.0997. The van der Waals surface area contributed by atoms with Crippen molar-refractivity contribution in [1.82, 2.24) is 0 Å². The van der Waals surface area contributed by atoms with Crippen molar-refractivity contribution in [3.05, 3.63) is 0 Å². The van der Waals surface area contributed by atoms with Crippen molar-refractivity contribution in [3.63, 3.8) is 0 Å². The summed E-state index contributed by atoms with van der Waals surface area (Å²) in [4.78, 5) is 0. The first-order chi connectivity index (χ1) is 6.85. The zero-order chi connectivity index (χ0) is 9.86. The molecule has 2 fully saturated rings. The molecule has 1 saturated carbocycles. The smallest absolute Gasteiger partial charge is 0.0476 e. The third-order valence-corrected chi connectivity index (χ3v) is 6.40. The third kappa shape index (κ3) is 2.67. The number of ether oxygens (including phenoxy) is 1. The lowest BCUT2D eigenvalue weighted by Crippen LogP contribution is -2.34. The summed E-state index contributed by atoms with van der Waals surface area (Å²) in [5.74, 6) is 1.36. The predicted octanol–water partition coefficient (Wildman–Crippen LogP) is 3.46. The van der Waals surface area contributed by atoms with Gasteiger partial charge >= 0.3 is 0 Å². The topological polar surface area (TPSA) is 9.23 Å². The minimum atomic E-state index is 0.656. The molecule has 1 nitrogen and oxygen atoms in total. The van der Waals surface area contributed by atoms with Crippen molar-refractivity contribution in [3.8, 4) is 0 Å². The van der Waals surface area contributed by atoms with Crippen LogP contribution in [0, 0.1) is 5.41 Å². The van der Waals surface area contributed by atoms with Crippen LogP contribution in [-0.4, -0.2) is 29.5 Å². The fraction of sp³-hybridized carbons (Fsp3) is 1.00. The Morgan fingerprint density at radius 3 is 2.50 bits per heavy atom. The van der Waals surface area contributed by atoms with Gasteiger partial charge in [0.05, 0.1) is 0 Å². The maximum atomic E-state index is 5.38. The Kier molecular flexibility index (Phi) is 4.21. The highest BCUT2D eigenvalue weighted by molar-refractivity contribution is 9.09. The van der Waals surface area contributed by atoms with E-state index in [9.17, 15) is 0 Å². The molecule has 0 bridgehead atoms. The van der Waals surface area contributed by atoms with Crippen molar-refractivity contribution >= 4 is 27.7 Å². The number of hydrogen-bond acceptors (Lipinski definition) is 2. The van der Waals surface area contributed by atoms with Gasteiger partial charge in [-0.1, -0.05) is 22.4 Å². The van der Waals surface area contributed by atoms with Gasteiger partial charge < -0.3 is 4.74 Å². The first kappa shape index (κ1) is 11.3. The molecule has 0 N–H and O–H groups in total. The monoisotopic (exact) mass is 278 g/mol. The molecule has 2 rings (SSSR count). The molecule has 0 amide bonds. The molecule has 0 aromatic heterocycles. The van der Waals surface area contributed by atoms with Gasteiger partial charge in [0, 0.05) is 29.5 Å². The lowest BCUT2D eigenvalue weighted by Gasteiger charge is -2.41. The van der Waals surface area contributed by atoms with E-state index in [1.54, 1.807) is 0 Å². The zero-order valence-corrected chi connectivity index (χ0v) is 11.0. The molecule has 0 unspecified atom stereocenters. The molecule has 3 heteroatoms. The van der Waals surface area contributed by atoms with E-state index in [2.05, 4.69) is 27.7 Å². The van der Waals surface area contributed by atoms with Crippen LogP contribution >= 0.6 is 27.7 Å². The van der Waals surface area contributed by atoms with E-state index in [-0.39, 0.29) is 0 Å². The largest absolute Gasteiger partial charge is 0.381 e. The standard InChI is InChI=1S/C11H19BrOS/c12-8-11(4-1-5-11)9-14-10-2-6-13-7-3-10/h10H,1-9H2. The average molecular weight is 279 g/mol. The van der Waals surface area contributed by atoms with E-state index in [0.717, 1.165) is 18.5 Å². The number of alkyl halides is 1. The number of rotatable bonds is 4. The summed E-state index contributed by atoms with van der Waals surface area (Å²) in [5.41, 5.74) is 0.656. The maximum Gasteiger partial charge on any atom is 0.0476 e. The van der Waals surface area contributed by atoms with Crippen LogP contribution in [0.1, 0.15) is 32.1 Å². The molecule has 1 heterocycles. The first-order valence-corrected chi connectivity index (χ1v) is 7.77. The fourth-order valence-electron chi connectivity index (χ4n) is 2.13. The van der Waals surface area contributed by atoms with Crippen molar-refractivity contribution in [2.45, 2.75) is 37.4 Å². The van der Waals surface area contributed by atoms with E-state index < -0.39 is 0 Å². The normalized spacial score (nSPS) is 27.2. The van der Waals surface area contributed by atoms with Gasteiger partial charge in [-0.2, -0.15) is 11.8 Å². The highest BCUT2D eigenvalue weighted by Crippen LogP contribution is 2.45. The number of thioether (sulfide) groups is 1. The molecule has 0 aromatic rings. The van der Waals surface area contributed by atoms with Gasteiger partial charge in [-0.05, 0) is 31.1 Å². The van der Waals surface area contributed by atoms with Crippen LogP contribution in [0.2, 0.25) is 0 Å². The second-order valence-corrected chi connectivity index (χ2v) is 6.46. The summed E-state index contributed by atoms with van der Waals surface area (Å²) < 4.78 is 5.38. The SMILES string of the molecule is BrCC1(CSC2CCOCC2)CCC1. The summed E-state index contributed by atoms with van der Waals surface area (Å²) in [7, 11) is 0. The molecule has 2 aliphatic rings. The molecule has 82 valence electrons. The lowest BCUT2D eigenvalue weighted by atomic mass is 9.72. The number of hydrogen-bond donors (Lipinski definition) is 0. The van der Waals surface area contributed by atoms with Crippen molar-refractivity contribution in [2.75, 3.05) is 24.3 Å². The minimum Gasteiger partial charge on any atom is -0.381 e. The van der Waals surface area contributed by atoms with E-state index in [1.165, 1.54) is 43.2 Å². The molecule has 0 atom stereocenters. The molecular formula is C11H19BrOS. The van der Waals surface area contributed by atoms with Crippen LogP contribution in [0.5, 0.6) is 0 Å². The minimum absolute atomic E-state index is 0.656. The summed E-state index contributed by atoms with van der Waals surface area (Å²) in [5, 5.41) is 2.08. The average Bonchev–Trinajstić information content (AvgIpc) is 2.19. The second kappa shape index (κ2) is 5.22. The summed E-state index contributed by atoms with van der Waals surface area (Å²) in [6.07, 6.45) is 6.86. The van der Waals surface area contributed by atoms with Gasteiger partial charge in [-0.15, -0.1) is 0 Å². The van der Waals surface area contributed by atoms with Crippen molar-refractivity contribution in [2.24, 2.45) is 5.41 Å². The molecule has 1 aliphatic heterocycles. The third-order valence-electron chi connectivity index (χ3n) is 3.49. The molecule has 14 heavy (non-hydrogen) atoms. The predicted molar refractivity (Wildman–Crippen MR) is 66.4 cm³/mol. The Morgan fingerprint density at radius 1 is 1.29 bits per heavy atom. The summed E-state index contributed by atoms with van der Waals surface area (Å²) >= 11 is 5.87.